The molecule has 35 heavy (non-hydrogen) atoms. The number of carbonyl (C=O) groups is 1. The minimum Gasteiger partial charge on any atom is -0.497 e. The van der Waals surface area contributed by atoms with Gasteiger partial charge in [-0.3, -0.25) is 9.36 Å². The van der Waals surface area contributed by atoms with Crippen molar-refractivity contribution in [3.05, 3.63) is 89.6 Å². The standard InChI is InChI=1S/C26H25N5O3S/c1-17-6-4-7-20(14-17)30-18(2)27-28-26(30)35-16-25(32)31-23(24-8-5-13-34-24)15-22(29-31)19-9-11-21(33-3)12-10-19/h4-14,23H,15-16H2,1-3H3/t23-/m0/s1. The van der Waals surface area contributed by atoms with E-state index in [0.717, 1.165) is 34.1 Å². The maximum Gasteiger partial charge on any atom is 0.253 e. The Morgan fingerprint density at radius 2 is 1.94 bits per heavy atom. The maximum absolute atomic E-state index is 13.4. The molecule has 3 heterocycles. The van der Waals surface area contributed by atoms with Crippen molar-refractivity contribution in [2.75, 3.05) is 12.9 Å². The van der Waals surface area contributed by atoms with E-state index in [4.69, 9.17) is 14.3 Å². The number of benzene rings is 2. The van der Waals surface area contributed by atoms with Gasteiger partial charge in [-0.05, 0) is 73.5 Å². The number of ether oxygens (including phenoxy) is 1. The highest BCUT2D eigenvalue weighted by molar-refractivity contribution is 7.99. The van der Waals surface area contributed by atoms with Crippen LogP contribution in [0.4, 0.5) is 0 Å². The molecule has 2 aromatic heterocycles. The number of hydrazone groups is 1. The van der Waals surface area contributed by atoms with Crippen LogP contribution < -0.4 is 4.74 Å². The van der Waals surface area contributed by atoms with Crippen LogP contribution in [0.2, 0.25) is 0 Å². The highest BCUT2D eigenvalue weighted by Crippen LogP contribution is 2.34. The summed E-state index contributed by atoms with van der Waals surface area (Å²) in [6.45, 7) is 3.94. The van der Waals surface area contributed by atoms with E-state index in [1.54, 1.807) is 13.4 Å². The number of furan rings is 1. The van der Waals surface area contributed by atoms with Crippen LogP contribution in [0.25, 0.3) is 5.69 Å². The summed E-state index contributed by atoms with van der Waals surface area (Å²) in [6, 6.07) is 19.2. The van der Waals surface area contributed by atoms with Crippen molar-refractivity contribution in [1.82, 2.24) is 19.8 Å². The Kier molecular flexibility index (Phi) is 6.41. The van der Waals surface area contributed by atoms with Crippen LogP contribution in [-0.2, 0) is 4.79 Å². The van der Waals surface area contributed by atoms with Gasteiger partial charge in [-0.1, -0.05) is 23.9 Å². The van der Waals surface area contributed by atoms with Crippen LogP contribution in [0.1, 0.15) is 35.2 Å². The zero-order valence-corrected chi connectivity index (χ0v) is 20.5. The molecule has 178 valence electrons. The topological polar surface area (TPSA) is 85.8 Å². The van der Waals surface area contributed by atoms with Gasteiger partial charge in [0.2, 0.25) is 0 Å². The van der Waals surface area contributed by atoms with Gasteiger partial charge in [0, 0.05) is 12.1 Å². The summed E-state index contributed by atoms with van der Waals surface area (Å²) in [5.41, 5.74) is 3.88. The van der Waals surface area contributed by atoms with E-state index in [1.807, 2.05) is 73.0 Å². The minimum atomic E-state index is -0.299. The van der Waals surface area contributed by atoms with Crippen molar-refractivity contribution in [3.8, 4) is 11.4 Å². The number of thioether (sulfide) groups is 1. The van der Waals surface area contributed by atoms with Crippen molar-refractivity contribution in [1.29, 1.82) is 0 Å². The highest BCUT2D eigenvalue weighted by Gasteiger charge is 2.35. The van der Waals surface area contributed by atoms with Gasteiger partial charge in [-0.2, -0.15) is 5.10 Å². The van der Waals surface area contributed by atoms with Crippen molar-refractivity contribution < 1.29 is 13.9 Å². The second-order valence-corrected chi connectivity index (χ2v) is 9.18. The number of aromatic nitrogens is 3. The summed E-state index contributed by atoms with van der Waals surface area (Å²) in [4.78, 5) is 13.4. The van der Waals surface area contributed by atoms with Crippen molar-refractivity contribution in [2.24, 2.45) is 5.10 Å². The largest absolute Gasteiger partial charge is 0.497 e. The molecule has 4 aromatic rings. The summed E-state index contributed by atoms with van der Waals surface area (Å²) in [6.07, 6.45) is 2.18. The lowest BCUT2D eigenvalue weighted by Crippen LogP contribution is -2.28. The molecule has 0 fully saturated rings. The first-order valence-corrected chi connectivity index (χ1v) is 12.2. The van der Waals surface area contributed by atoms with Gasteiger partial charge in [0.15, 0.2) is 5.16 Å². The Bertz CT molecular complexity index is 1360. The molecule has 1 amide bonds. The van der Waals surface area contributed by atoms with Gasteiger partial charge in [-0.15, -0.1) is 10.2 Å². The summed E-state index contributed by atoms with van der Waals surface area (Å²) in [5.74, 6) is 2.28. The molecule has 0 unspecified atom stereocenters. The Hall–Kier alpha value is -3.85. The van der Waals surface area contributed by atoms with Crippen LogP contribution in [-0.4, -0.2) is 44.3 Å². The van der Waals surface area contributed by atoms with Crippen LogP contribution in [0.15, 0.2) is 81.6 Å². The van der Waals surface area contributed by atoms with Gasteiger partial charge >= 0.3 is 0 Å². The lowest BCUT2D eigenvalue weighted by Gasteiger charge is -2.19. The average Bonchev–Trinajstić information content (AvgIpc) is 3.62. The average molecular weight is 488 g/mol. The smallest absolute Gasteiger partial charge is 0.253 e. The first kappa shape index (κ1) is 22.9. The van der Waals surface area contributed by atoms with Crippen LogP contribution in [0, 0.1) is 13.8 Å². The molecule has 0 spiro atoms. The fourth-order valence-corrected chi connectivity index (χ4v) is 4.94. The third-order valence-corrected chi connectivity index (χ3v) is 6.75. The molecule has 0 saturated heterocycles. The predicted octanol–water partition coefficient (Wildman–Crippen LogP) is 4.96. The number of methoxy groups -OCH3 is 1. The molecule has 0 bridgehead atoms. The number of aryl methyl sites for hydroxylation is 2. The number of hydrogen-bond acceptors (Lipinski definition) is 7. The molecule has 0 radical (unpaired) electrons. The molecule has 0 N–H and O–H groups in total. The Labute approximate surface area is 207 Å². The van der Waals surface area contributed by atoms with Gasteiger partial charge in [-0.25, -0.2) is 5.01 Å². The van der Waals surface area contributed by atoms with Gasteiger partial charge in [0.05, 0.1) is 24.8 Å². The number of rotatable bonds is 7. The third-order valence-electron chi connectivity index (χ3n) is 5.84. The van der Waals surface area contributed by atoms with E-state index in [1.165, 1.54) is 16.8 Å². The fourth-order valence-electron chi connectivity index (χ4n) is 4.09. The Balaban J connectivity index is 1.38. The van der Waals surface area contributed by atoms with Gasteiger partial charge in [0.25, 0.3) is 5.91 Å². The van der Waals surface area contributed by atoms with E-state index < -0.39 is 0 Å². The molecule has 2 aromatic carbocycles. The number of carbonyl (C=O) groups excluding carboxylic acids is 1. The zero-order chi connectivity index (χ0) is 24.4. The van der Waals surface area contributed by atoms with Crippen molar-refractivity contribution >= 4 is 23.4 Å². The summed E-state index contributed by atoms with van der Waals surface area (Å²) < 4.78 is 12.9. The Morgan fingerprint density at radius 1 is 1.11 bits per heavy atom. The van der Waals surface area contributed by atoms with Crippen molar-refractivity contribution in [2.45, 2.75) is 31.5 Å². The molecule has 1 aliphatic heterocycles. The molecule has 0 aliphatic carbocycles. The molecule has 5 rings (SSSR count). The second-order valence-electron chi connectivity index (χ2n) is 8.24. The molecular formula is C26H25N5O3S. The van der Waals surface area contributed by atoms with E-state index >= 15 is 0 Å². The number of amides is 1. The van der Waals surface area contributed by atoms with Gasteiger partial charge < -0.3 is 9.15 Å². The molecule has 0 saturated carbocycles. The van der Waals surface area contributed by atoms with Crippen LogP contribution >= 0.6 is 11.8 Å². The highest BCUT2D eigenvalue weighted by atomic mass is 32.2. The van der Waals surface area contributed by atoms with E-state index in [0.29, 0.717) is 17.3 Å². The summed E-state index contributed by atoms with van der Waals surface area (Å²) >= 11 is 1.35. The van der Waals surface area contributed by atoms with Crippen molar-refractivity contribution in [3.63, 3.8) is 0 Å². The molecule has 1 atom stereocenters. The zero-order valence-electron chi connectivity index (χ0n) is 19.7. The van der Waals surface area contributed by atoms with Crippen LogP contribution in [0.3, 0.4) is 0 Å². The van der Waals surface area contributed by atoms with Gasteiger partial charge in [0.1, 0.15) is 23.4 Å². The predicted molar refractivity (Wildman–Crippen MR) is 134 cm³/mol. The van der Waals surface area contributed by atoms with Crippen LogP contribution in [0.5, 0.6) is 5.75 Å². The maximum atomic E-state index is 13.4. The summed E-state index contributed by atoms with van der Waals surface area (Å²) in [5, 5.41) is 15.4. The minimum absolute atomic E-state index is 0.128. The second kappa shape index (κ2) is 9.79. The monoisotopic (exact) mass is 487 g/mol. The van der Waals surface area contributed by atoms with E-state index in [9.17, 15) is 4.79 Å². The van der Waals surface area contributed by atoms with E-state index in [-0.39, 0.29) is 17.7 Å². The normalized spacial score (nSPS) is 15.3. The molecular weight excluding hydrogens is 462 g/mol. The molecule has 8 nitrogen and oxygen atoms in total. The first-order chi connectivity index (χ1) is 17.0. The lowest BCUT2D eigenvalue weighted by atomic mass is 10.0. The number of nitrogens with zero attached hydrogens (tertiary/aromatic N) is 5. The SMILES string of the molecule is COc1ccc(C2=NN(C(=O)CSc3nnc(C)n3-c3cccc(C)c3)[C@H](c3ccco3)C2)cc1. The third kappa shape index (κ3) is 4.72. The lowest BCUT2D eigenvalue weighted by molar-refractivity contribution is -0.130. The Morgan fingerprint density at radius 3 is 2.66 bits per heavy atom. The van der Waals surface area contributed by atoms with E-state index in [2.05, 4.69) is 16.3 Å². The fraction of sp³-hybridized carbons (Fsp3) is 0.231. The first-order valence-electron chi connectivity index (χ1n) is 11.2. The molecule has 9 heteroatoms. The summed E-state index contributed by atoms with van der Waals surface area (Å²) in [7, 11) is 1.63. The molecule has 1 aliphatic rings. The quantitative estimate of drug-likeness (QED) is 0.343. The number of hydrogen-bond donors (Lipinski definition) is 0.